The average Bonchev–Trinajstić information content (AvgIpc) is 2.21. The van der Waals surface area contributed by atoms with Gasteiger partial charge in [0.25, 0.3) is 0 Å². The lowest BCUT2D eigenvalue weighted by molar-refractivity contribution is -0.117. The number of amides is 1. The predicted molar refractivity (Wildman–Crippen MR) is 48.6 cm³/mol. The van der Waals surface area contributed by atoms with Crippen molar-refractivity contribution >= 4 is 6.41 Å². The van der Waals surface area contributed by atoms with Crippen molar-refractivity contribution in [1.82, 2.24) is 4.90 Å². The van der Waals surface area contributed by atoms with Gasteiger partial charge in [0.05, 0.1) is 11.6 Å². The zero-order valence-corrected chi connectivity index (χ0v) is 7.70. The first-order valence-electron chi connectivity index (χ1n) is 4.01. The Hall–Kier alpha value is -1.89. The summed E-state index contributed by atoms with van der Waals surface area (Å²) in [6, 6.07) is 5.98. The second-order valence-corrected chi connectivity index (χ2v) is 2.94. The van der Waals surface area contributed by atoms with E-state index >= 15 is 0 Å². The fourth-order valence-corrected chi connectivity index (χ4v) is 1.07. The highest BCUT2D eigenvalue weighted by Gasteiger charge is 2.05. The van der Waals surface area contributed by atoms with Crippen molar-refractivity contribution in [2.75, 3.05) is 7.05 Å². The number of halogens is 1. The van der Waals surface area contributed by atoms with Gasteiger partial charge in [-0.25, -0.2) is 4.39 Å². The molecule has 0 atom stereocenters. The summed E-state index contributed by atoms with van der Waals surface area (Å²) in [5.41, 5.74) is 0.736. The van der Waals surface area contributed by atoms with Gasteiger partial charge in [-0.15, -0.1) is 0 Å². The zero-order valence-electron chi connectivity index (χ0n) is 7.70. The van der Waals surface area contributed by atoms with Crippen molar-refractivity contribution in [3.8, 4) is 6.07 Å². The van der Waals surface area contributed by atoms with E-state index in [1.165, 1.54) is 23.1 Å². The summed E-state index contributed by atoms with van der Waals surface area (Å²) >= 11 is 0. The molecule has 3 nitrogen and oxygen atoms in total. The van der Waals surface area contributed by atoms with Crippen molar-refractivity contribution in [3.63, 3.8) is 0 Å². The molecule has 0 aliphatic heterocycles. The number of nitriles is 1. The number of rotatable bonds is 3. The van der Waals surface area contributed by atoms with Crippen molar-refractivity contribution in [1.29, 1.82) is 5.26 Å². The Labute approximate surface area is 81.4 Å². The average molecular weight is 192 g/mol. The van der Waals surface area contributed by atoms with Crippen molar-refractivity contribution in [2.24, 2.45) is 0 Å². The van der Waals surface area contributed by atoms with Crippen LogP contribution in [0.1, 0.15) is 11.1 Å². The van der Waals surface area contributed by atoms with E-state index in [0.717, 1.165) is 0 Å². The van der Waals surface area contributed by atoms with Crippen molar-refractivity contribution in [3.05, 3.63) is 35.1 Å². The van der Waals surface area contributed by atoms with Gasteiger partial charge in [-0.1, -0.05) is 0 Å². The number of hydrogen-bond acceptors (Lipinski definition) is 2. The maximum atomic E-state index is 13.2. The molecule has 72 valence electrons. The molecule has 0 fully saturated rings. The molecule has 0 bridgehead atoms. The summed E-state index contributed by atoms with van der Waals surface area (Å²) in [5.74, 6) is -0.405. The molecule has 1 amide bonds. The van der Waals surface area contributed by atoms with Crippen LogP contribution in [0.4, 0.5) is 4.39 Å². The fraction of sp³-hybridized carbons (Fsp3) is 0.200. The van der Waals surface area contributed by atoms with E-state index in [1.54, 1.807) is 7.05 Å². The molecule has 0 aromatic heterocycles. The molecule has 4 heteroatoms. The Kier molecular flexibility index (Phi) is 3.19. The van der Waals surface area contributed by atoms with Gasteiger partial charge < -0.3 is 4.90 Å². The molecule has 1 aromatic rings. The van der Waals surface area contributed by atoms with Crippen LogP contribution in [0.3, 0.4) is 0 Å². The Morgan fingerprint density at radius 3 is 2.93 bits per heavy atom. The first-order chi connectivity index (χ1) is 6.67. The van der Waals surface area contributed by atoms with E-state index in [9.17, 15) is 9.18 Å². The standard InChI is InChI=1S/C10H9FN2O/c1-13(7-14)6-9-4-8(5-12)2-3-10(9)11/h2-4,7H,6H2,1H3. The van der Waals surface area contributed by atoms with Gasteiger partial charge in [0.2, 0.25) is 6.41 Å². The van der Waals surface area contributed by atoms with E-state index in [2.05, 4.69) is 0 Å². The van der Waals surface area contributed by atoms with E-state index in [1.807, 2.05) is 6.07 Å². The molecule has 0 aliphatic carbocycles. The minimum absolute atomic E-state index is 0.171. The number of carbonyl (C=O) groups excluding carboxylic acids is 1. The van der Waals surface area contributed by atoms with Crippen LogP contribution in [0.25, 0.3) is 0 Å². The monoisotopic (exact) mass is 192 g/mol. The summed E-state index contributed by atoms with van der Waals surface area (Å²) in [4.78, 5) is 11.6. The number of benzene rings is 1. The summed E-state index contributed by atoms with van der Waals surface area (Å²) in [5, 5.41) is 8.59. The lowest BCUT2D eigenvalue weighted by Crippen LogP contribution is -2.15. The van der Waals surface area contributed by atoms with Gasteiger partial charge in [-0.3, -0.25) is 4.79 Å². The topological polar surface area (TPSA) is 44.1 Å². The molecule has 14 heavy (non-hydrogen) atoms. The Bertz CT molecular complexity index is 384. The lowest BCUT2D eigenvalue weighted by Gasteiger charge is -2.10. The smallest absolute Gasteiger partial charge is 0.209 e. The van der Waals surface area contributed by atoms with Crippen molar-refractivity contribution in [2.45, 2.75) is 6.54 Å². The minimum atomic E-state index is -0.405. The first-order valence-corrected chi connectivity index (χ1v) is 4.01. The molecule has 1 rings (SSSR count). The number of carbonyl (C=O) groups is 1. The largest absolute Gasteiger partial charge is 0.344 e. The summed E-state index contributed by atoms with van der Waals surface area (Å²) in [6.45, 7) is 0.171. The molecule has 0 spiro atoms. The molecule has 1 aromatic carbocycles. The first kappa shape index (κ1) is 10.2. The molecule has 0 N–H and O–H groups in total. The number of nitrogens with zero attached hydrogens (tertiary/aromatic N) is 2. The van der Waals surface area contributed by atoms with Crippen LogP contribution in [-0.4, -0.2) is 18.4 Å². The van der Waals surface area contributed by atoms with Crippen molar-refractivity contribution < 1.29 is 9.18 Å². The van der Waals surface area contributed by atoms with Crippen LogP contribution in [0, 0.1) is 17.1 Å². The summed E-state index contributed by atoms with van der Waals surface area (Å²) in [7, 11) is 1.55. The van der Waals surface area contributed by atoms with E-state index < -0.39 is 5.82 Å². The molecule has 0 saturated heterocycles. The minimum Gasteiger partial charge on any atom is -0.344 e. The second kappa shape index (κ2) is 4.38. The molecular weight excluding hydrogens is 183 g/mol. The highest BCUT2D eigenvalue weighted by atomic mass is 19.1. The van der Waals surface area contributed by atoms with Crippen LogP contribution in [0.15, 0.2) is 18.2 Å². The van der Waals surface area contributed by atoms with Gasteiger partial charge in [0.1, 0.15) is 5.82 Å². The van der Waals surface area contributed by atoms with Gasteiger partial charge in [0.15, 0.2) is 0 Å². The predicted octanol–water partition coefficient (Wildman–Crippen LogP) is 1.29. The molecular formula is C10H9FN2O. The molecule has 0 aliphatic rings. The second-order valence-electron chi connectivity index (χ2n) is 2.94. The molecule has 0 radical (unpaired) electrons. The van der Waals surface area contributed by atoms with Crippen LogP contribution in [0.2, 0.25) is 0 Å². The van der Waals surface area contributed by atoms with E-state index in [4.69, 9.17) is 5.26 Å². The Morgan fingerprint density at radius 2 is 2.36 bits per heavy atom. The Morgan fingerprint density at radius 1 is 1.64 bits per heavy atom. The third-order valence-corrected chi connectivity index (χ3v) is 1.77. The maximum Gasteiger partial charge on any atom is 0.209 e. The van der Waals surface area contributed by atoms with Crippen LogP contribution >= 0.6 is 0 Å². The molecule has 0 saturated carbocycles. The third-order valence-electron chi connectivity index (χ3n) is 1.77. The summed E-state index contributed by atoms with van der Waals surface area (Å²) < 4.78 is 13.2. The highest BCUT2D eigenvalue weighted by Crippen LogP contribution is 2.11. The summed E-state index contributed by atoms with van der Waals surface area (Å²) in [6.07, 6.45) is 0.610. The fourth-order valence-electron chi connectivity index (χ4n) is 1.07. The van der Waals surface area contributed by atoms with Gasteiger partial charge >= 0.3 is 0 Å². The zero-order chi connectivity index (χ0) is 10.6. The maximum absolute atomic E-state index is 13.2. The highest BCUT2D eigenvalue weighted by molar-refractivity contribution is 5.47. The lowest BCUT2D eigenvalue weighted by atomic mass is 10.1. The van der Waals surface area contributed by atoms with Gasteiger partial charge in [-0.2, -0.15) is 5.26 Å². The molecule has 0 unspecified atom stereocenters. The van der Waals surface area contributed by atoms with E-state index in [-0.39, 0.29) is 6.54 Å². The number of hydrogen-bond donors (Lipinski definition) is 0. The van der Waals surface area contributed by atoms with Gasteiger partial charge in [0, 0.05) is 19.2 Å². The van der Waals surface area contributed by atoms with Crippen LogP contribution in [-0.2, 0) is 11.3 Å². The van der Waals surface area contributed by atoms with Gasteiger partial charge in [-0.05, 0) is 18.2 Å². The van der Waals surface area contributed by atoms with Crippen LogP contribution < -0.4 is 0 Å². The van der Waals surface area contributed by atoms with E-state index in [0.29, 0.717) is 17.5 Å². The van der Waals surface area contributed by atoms with Crippen LogP contribution in [0.5, 0.6) is 0 Å². The quantitative estimate of drug-likeness (QED) is 0.677. The third kappa shape index (κ3) is 2.30. The SMILES string of the molecule is CN(C=O)Cc1cc(C#N)ccc1F. The molecule has 0 heterocycles. The Balaban J connectivity index is 2.96. The normalized spacial score (nSPS) is 9.21.